The summed E-state index contributed by atoms with van der Waals surface area (Å²) in [6, 6.07) is 9.90. The Morgan fingerprint density at radius 2 is 1.84 bits per heavy atom. The SMILES string of the molecule is CC(C)CC(NCCC(C)c1ccccc1)C(=O)O. The van der Waals surface area contributed by atoms with Crippen LogP contribution in [0.2, 0.25) is 0 Å². The van der Waals surface area contributed by atoms with E-state index in [1.54, 1.807) is 0 Å². The molecule has 2 unspecified atom stereocenters. The topological polar surface area (TPSA) is 49.3 Å². The van der Waals surface area contributed by atoms with Gasteiger partial charge in [-0.1, -0.05) is 51.1 Å². The molecule has 3 heteroatoms. The van der Waals surface area contributed by atoms with Crippen molar-refractivity contribution in [1.29, 1.82) is 0 Å². The minimum absolute atomic E-state index is 0.389. The van der Waals surface area contributed by atoms with Crippen molar-refractivity contribution in [2.45, 2.75) is 45.6 Å². The molecule has 0 spiro atoms. The molecule has 3 nitrogen and oxygen atoms in total. The number of rotatable bonds is 8. The van der Waals surface area contributed by atoms with Gasteiger partial charge in [-0.2, -0.15) is 0 Å². The van der Waals surface area contributed by atoms with Crippen molar-refractivity contribution in [2.75, 3.05) is 6.54 Å². The van der Waals surface area contributed by atoms with Crippen LogP contribution < -0.4 is 5.32 Å². The van der Waals surface area contributed by atoms with Gasteiger partial charge in [0.25, 0.3) is 0 Å². The van der Waals surface area contributed by atoms with Crippen LogP contribution in [0.1, 0.15) is 45.1 Å². The fraction of sp³-hybridized carbons (Fsp3) is 0.562. The highest BCUT2D eigenvalue weighted by atomic mass is 16.4. The zero-order valence-electron chi connectivity index (χ0n) is 12.1. The summed E-state index contributed by atoms with van der Waals surface area (Å²) in [6.45, 7) is 7.00. The first-order chi connectivity index (χ1) is 9.00. The van der Waals surface area contributed by atoms with E-state index >= 15 is 0 Å². The first-order valence-corrected chi connectivity index (χ1v) is 7.01. The minimum Gasteiger partial charge on any atom is -0.480 e. The summed E-state index contributed by atoms with van der Waals surface area (Å²) in [5.74, 6) is 0.0865. The quantitative estimate of drug-likeness (QED) is 0.757. The maximum Gasteiger partial charge on any atom is 0.320 e. The van der Waals surface area contributed by atoms with E-state index in [0.29, 0.717) is 18.3 Å². The second kappa shape index (κ2) is 7.95. The lowest BCUT2D eigenvalue weighted by Crippen LogP contribution is -2.38. The van der Waals surface area contributed by atoms with Crippen LogP contribution >= 0.6 is 0 Å². The molecule has 1 rings (SSSR count). The van der Waals surface area contributed by atoms with Gasteiger partial charge in [0.1, 0.15) is 6.04 Å². The number of hydrogen-bond donors (Lipinski definition) is 2. The monoisotopic (exact) mass is 263 g/mol. The first kappa shape index (κ1) is 15.7. The average molecular weight is 263 g/mol. The summed E-state index contributed by atoms with van der Waals surface area (Å²) in [4.78, 5) is 11.1. The van der Waals surface area contributed by atoms with Gasteiger partial charge in [-0.05, 0) is 36.8 Å². The molecule has 0 amide bonds. The maximum atomic E-state index is 11.1. The van der Waals surface area contributed by atoms with E-state index in [1.165, 1.54) is 5.56 Å². The molecule has 2 N–H and O–H groups in total. The molecule has 0 fully saturated rings. The Labute approximate surface area is 116 Å². The van der Waals surface area contributed by atoms with Crippen LogP contribution in [0.25, 0.3) is 0 Å². The smallest absolute Gasteiger partial charge is 0.320 e. The highest BCUT2D eigenvalue weighted by molar-refractivity contribution is 5.73. The van der Waals surface area contributed by atoms with Gasteiger partial charge in [0.15, 0.2) is 0 Å². The van der Waals surface area contributed by atoms with E-state index in [0.717, 1.165) is 13.0 Å². The zero-order valence-corrected chi connectivity index (χ0v) is 12.1. The third-order valence-electron chi connectivity index (χ3n) is 3.34. The molecule has 19 heavy (non-hydrogen) atoms. The third-order valence-corrected chi connectivity index (χ3v) is 3.34. The molecule has 0 saturated carbocycles. The number of carboxylic acids is 1. The number of aliphatic carboxylic acids is 1. The zero-order chi connectivity index (χ0) is 14.3. The van der Waals surface area contributed by atoms with Crippen LogP contribution in [0.4, 0.5) is 0 Å². The molecule has 0 heterocycles. The Kier molecular flexibility index (Phi) is 6.57. The molecule has 0 aliphatic heterocycles. The van der Waals surface area contributed by atoms with Crippen LogP contribution in [0.5, 0.6) is 0 Å². The maximum absolute atomic E-state index is 11.1. The molecular weight excluding hydrogens is 238 g/mol. The largest absolute Gasteiger partial charge is 0.480 e. The second-order valence-electron chi connectivity index (χ2n) is 5.57. The Bertz CT molecular complexity index is 376. The van der Waals surface area contributed by atoms with Crippen LogP contribution in [0.15, 0.2) is 30.3 Å². The summed E-state index contributed by atoms with van der Waals surface area (Å²) in [6.07, 6.45) is 1.63. The van der Waals surface area contributed by atoms with E-state index in [1.807, 2.05) is 32.0 Å². The molecule has 0 radical (unpaired) electrons. The second-order valence-corrected chi connectivity index (χ2v) is 5.57. The molecule has 0 bridgehead atoms. The number of carbonyl (C=O) groups is 1. The van der Waals surface area contributed by atoms with Gasteiger partial charge in [-0.25, -0.2) is 0 Å². The Morgan fingerprint density at radius 1 is 1.21 bits per heavy atom. The fourth-order valence-corrected chi connectivity index (χ4v) is 2.17. The molecule has 106 valence electrons. The van der Waals surface area contributed by atoms with E-state index in [-0.39, 0.29) is 0 Å². The lowest BCUT2D eigenvalue weighted by atomic mass is 9.97. The number of hydrogen-bond acceptors (Lipinski definition) is 2. The van der Waals surface area contributed by atoms with Crippen molar-refractivity contribution in [2.24, 2.45) is 5.92 Å². The molecule has 0 aliphatic rings. The predicted octanol–water partition coefficient (Wildman–Crippen LogP) is 3.27. The van der Waals surface area contributed by atoms with Crippen LogP contribution in [0, 0.1) is 5.92 Å². The van der Waals surface area contributed by atoms with E-state index in [9.17, 15) is 4.79 Å². The third kappa shape index (κ3) is 5.88. The van der Waals surface area contributed by atoms with Gasteiger partial charge in [0.05, 0.1) is 0 Å². The van der Waals surface area contributed by atoms with Crippen molar-refractivity contribution in [3.63, 3.8) is 0 Å². The average Bonchev–Trinajstić information content (AvgIpc) is 2.37. The predicted molar refractivity (Wildman–Crippen MR) is 78.4 cm³/mol. The Hall–Kier alpha value is -1.35. The van der Waals surface area contributed by atoms with E-state index < -0.39 is 12.0 Å². The van der Waals surface area contributed by atoms with Crippen LogP contribution in [-0.4, -0.2) is 23.7 Å². The fourth-order valence-electron chi connectivity index (χ4n) is 2.17. The van der Waals surface area contributed by atoms with E-state index in [2.05, 4.69) is 24.4 Å². The summed E-state index contributed by atoms with van der Waals surface area (Å²) in [7, 11) is 0. The van der Waals surface area contributed by atoms with Crippen LogP contribution in [0.3, 0.4) is 0 Å². The van der Waals surface area contributed by atoms with Gasteiger partial charge in [0.2, 0.25) is 0 Å². The summed E-state index contributed by atoms with van der Waals surface area (Å²) in [5, 5.41) is 12.3. The number of carboxylic acid groups (broad SMARTS) is 1. The normalized spacial score (nSPS) is 14.3. The van der Waals surface area contributed by atoms with Crippen LogP contribution in [-0.2, 0) is 4.79 Å². The number of nitrogens with one attached hydrogen (secondary N) is 1. The number of benzene rings is 1. The van der Waals surface area contributed by atoms with Crippen molar-refractivity contribution in [1.82, 2.24) is 5.32 Å². The highest BCUT2D eigenvalue weighted by Crippen LogP contribution is 2.17. The first-order valence-electron chi connectivity index (χ1n) is 7.01. The molecular formula is C16H25NO2. The highest BCUT2D eigenvalue weighted by Gasteiger charge is 2.18. The molecule has 1 aromatic rings. The van der Waals surface area contributed by atoms with Gasteiger partial charge in [0, 0.05) is 0 Å². The molecule has 1 aromatic carbocycles. The summed E-state index contributed by atoms with van der Waals surface area (Å²) < 4.78 is 0. The summed E-state index contributed by atoms with van der Waals surface area (Å²) in [5.41, 5.74) is 1.31. The van der Waals surface area contributed by atoms with Crippen molar-refractivity contribution in [3.8, 4) is 0 Å². The van der Waals surface area contributed by atoms with Gasteiger partial charge < -0.3 is 10.4 Å². The molecule has 0 saturated heterocycles. The Morgan fingerprint density at radius 3 is 2.37 bits per heavy atom. The lowest BCUT2D eigenvalue weighted by Gasteiger charge is -2.18. The standard InChI is InChI=1S/C16H25NO2/c1-12(2)11-15(16(18)19)17-10-9-13(3)14-7-5-4-6-8-14/h4-8,12-13,15,17H,9-11H2,1-3H3,(H,18,19). The van der Waals surface area contributed by atoms with Gasteiger partial charge in [-0.15, -0.1) is 0 Å². The lowest BCUT2D eigenvalue weighted by molar-refractivity contribution is -0.139. The van der Waals surface area contributed by atoms with Crippen molar-refractivity contribution >= 4 is 5.97 Å². The van der Waals surface area contributed by atoms with Gasteiger partial charge >= 0.3 is 5.97 Å². The van der Waals surface area contributed by atoms with Gasteiger partial charge in [-0.3, -0.25) is 4.79 Å². The molecule has 0 aliphatic carbocycles. The minimum atomic E-state index is -0.749. The Balaban J connectivity index is 2.38. The molecule has 0 aromatic heterocycles. The van der Waals surface area contributed by atoms with Crippen molar-refractivity contribution in [3.05, 3.63) is 35.9 Å². The molecule has 2 atom stereocenters. The van der Waals surface area contributed by atoms with Crippen molar-refractivity contribution < 1.29 is 9.90 Å². The summed E-state index contributed by atoms with van der Waals surface area (Å²) >= 11 is 0. The van der Waals surface area contributed by atoms with E-state index in [4.69, 9.17) is 5.11 Å².